The molecule has 130 valence electrons. The van der Waals surface area contributed by atoms with E-state index in [1.54, 1.807) is 0 Å². The maximum atomic E-state index is 6.17. The Bertz CT molecular complexity index is 645. The highest BCUT2D eigenvalue weighted by Gasteiger charge is 2.53. The van der Waals surface area contributed by atoms with Crippen molar-refractivity contribution in [3.05, 3.63) is 37.4 Å². The molecule has 0 aromatic carbocycles. The molecular weight excluding hydrogens is 304 g/mol. The van der Waals surface area contributed by atoms with Gasteiger partial charge in [0, 0.05) is 0 Å². The lowest BCUT2D eigenvalue weighted by Gasteiger charge is -2.13. The third kappa shape index (κ3) is 2.58. The molecule has 2 fully saturated rings. The van der Waals surface area contributed by atoms with Crippen LogP contribution in [0.2, 0.25) is 0 Å². The standard InChI is InChI=1S/C18H28N4O2/c1-13(2)19-5-7-21(11-19)15-9-23-18-16(10-24-17(15)18)22-8-6-20(12-22)14(3)4/h5-8,11-18H,9-10H2,1-4H3/q+2/t15-,16-,17+,18+/m0/s1. The topological polar surface area (TPSA) is 36.1 Å². The van der Waals surface area contributed by atoms with E-state index in [4.69, 9.17) is 9.47 Å². The van der Waals surface area contributed by atoms with Crippen LogP contribution in [0.15, 0.2) is 37.4 Å². The first-order valence-corrected chi connectivity index (χ1v) is 8.94. The smallest absolute Gasteiger partial charge is 0.244 e. The van der Waals surface area contributed by atoms with Crippen molar-refractivity contribution in [2.24, 2.45) is 0 Å². The molecule has 0 radical (unpaired) electrons. The molecule has 0 aliphatic carbocycles. The minimum atomic E-state index is 0.123. The molecule has 2 aliphatic heterocycles. The van der Waals surface area contributed by atoms with Crippen LogP contribution in [0.4, 0.5) is 0 Å². The molecule has 0 amide bonds. The third-order valence-corrected chi connectivity index (χ3v) is 5.31. The summed E-state index contributed by atoms with van der Waals surface area (Å²) < 4.78 is 21.3. The quantitative estimate of drug-likeness (QED) is 0.798. The molecule has 6 heteroatoms. The number of rotatable bonds is 4. The summed E-state index contributed by atoms with van der Waals surface area (Å²) in [6, 6.07) is 1.45. The highest BCUT2D eigenvalue weighted by molar-refractivity contribution is 4.91. The first-order valence-electron chi connectivity index (χ1n) is 8.94. The molecule has 0 N–H and O–H groups in total. The van der Waals surface area contributed by atoms with Gasteiger partial charge in [-0.25, -0.2) is 18.3 Å². The number of aromatic nitrogens is 4. The molecule has 2 saturated heterocycles. The van der Waals surface area contributed by atoms with Crippen LogP contribution >= 0.6 is 0 Å². The lowest BCUT2D eigenvalue weighted by Crippen LogP contribution is -2.47. The van der Waals surface area contributed by atoms with Crippen LogP contribution in [0.3, 0.4) is 0 Å². The number of hydrogen-bond donors (Lipinski definition) is 0. The maximum absolute atomic E-state index is 6.17. The Balaban J connectivity index is 1.52. The highest BCUT2D eigenvalue weighted by atomic mass is 16.6. The van der Waals surface area contributed by atoms with Crippen molar-refractivity contribution in [1.82, 2.24) is 9.13 Å². The number of nitrogens with zero attached hydrogens (tertiary/aromatic N) is 4. The van der Waals surface area contributed by atoms with Crippen LogP contribution in [0, 0.1) is 0 Å². The molecular formula is C18H28N4O2+2. The Hall–Kier alpha value is -1.66. The minimum absolute atomic E-state index is 0.123. The lowest BCUT2D eigenvalue weighted by molar-refractivity contribution is -0.726. The third-order valence-electron chi connectivity index (χ3n) is 5.31. The zero-order valence-corrected chi connectivity index (χ0v) is 14.9. The van der Waals surface area contributed by atoms with Crippen molar-refractivity contribution in [2.75, 3.05) is 13.2 Å². The number of hydrogen-bond acceptors (Lipinski definition) is 2. The van der Waals surface area contributed by atoms with Crippen molar-refractivity contribution in [3.8, 4) is 0 Å². The SMILES string of the molecule is CC(C)n1cc[n+]([C@H]2CO[C@H]3[C@@H]2OC[C@@H]3[n+]2ccn(C(C)C)c2)c1. The van der Waals surface area contributed by atoms with Crippen molar-refractivity contribution in [1.29, 1.82) is 0 Å². The maximum Gasteiger partial charge on any atom is 0.244 e. The molecule has 2 aliphatic rings. The Morgan fingerprint density at radius 1 is 0.792 bits per heavy atom. The summed E-state index contributed by atoms with van der Waals surface area (Å²) >= 11 is 0. The van der Waals surface area contributed by atoms with Gasteiger partial charge in [-0.3, -0.25) is 0 Å². The molecule has 24 heavy (non-hydrogen) atoms. The van der Waals surface area contributed by atoms with Gasteiger partial charge in [-0.15, -0.1) is 0 Å². The Morgan fingerprint density at radius 2 is 1.21 bits per heavy atom. The summed E-state index contributed by atoms with van der Waals surface area (Å²) in [7, 11) is 0. The molecule has 0 unspecified atom stereocenters. The van der Waals surface area contributed by atoms with Gasteiger partial charge < -0.3 is 9.47 Å². The first kappa shape index (κ1) is 15.8. The average molecular weight is 332 g/mol. The summed E-state index contributed by atoms with van der Waals surface area (Å²) in [6.07, 6.45) is 13.1. The lowest BCUT2D eigenvalue weighted by atomic mass is 10.1. The van der Waals surface area contributed by atoms with E-state index in [1.165, 1.54) is 0 Å². The van der Waals surface area contributed by atoms with E-state index in [9.17, 15) is 0 Å². The molecule has 2 aromatic rings. The van der Waals surface area contributed by atoms with E-state index >= 15 is 0 Å². The molecule has 4 heterocycles. The predicted molar refractivity (Wildman–Crippen MR) is 87.6 cm³/mol. The van der Waals surface area contributed by atoms with Gasteiger partial charge in [-0.05, 0) is 27.7 Å². The van der Waals surface area contributed by atoms with Gasteiger partial charge in [0.05, 0.1) is 25.3 Å². The summed E-state index contributed by atoms with van der Waals surface area (Å²) in [5.41, 5.74) is 0. The normalized spacial score (nSPS) is 29.8. The van der Waals surface area contributed by atoms with Gasteiger partial charge in [0.25, 0.3) is 0 Å². The Morgan fingerprint density at radius 3 is 1.54 bits per heavy atom. The monoisotopic (exact) mass is 332 g/mol. The van der Waals surface area contributed by atoms with Gasteiger partial charge in [0.2, 0.25) is 12.7 Å². The van der Waals surface area contributed by atoms with E-state index in [1.807, 2.05) is 0 Å². The summed E-state index contributed by atoms with van der Waals surface area (Å²) in [5.74, 6) is 0. The summed E-state index contributed by atoms with van der Waals surface area (Å²) in [5, 5.41) is 0. The molecule has 0 spiro atoms. The van der Waals surface area contributed by atoms with Crippen LogP contribution in [-0.2, 0) is 9.47 Å². The van der Waals surface area contributed by atoms with Crippen LogP contribution in [0.25, 0.3) is 0 Å². The van der Waals surface area contributed by atoms with Crippen molar-refractivity contribution in [3.63, 3.8) is 0 Å². The van der Waals surface area contributed by atoms with Crippen molar-refractivity contribution >= 4 is 0 Å². The number of fused-ring (bicyclic) bond motifs is 1. The van der Waals surface area contributed by atoms with E-state index in [-0.39, 0.29) is 24.3 Å². The minimum Gasteiger partial charge on any atom is -0.366 e. The van der Waals surface area contributed by atoms with Crippen LogP contribution in [0.5, 0.6) is 0 Å². The van der Waals surface area contributed by atoms with Crippen LogP contribution < -0.4 is 9.13 Å². The summed E-state index contributed by atoms with van der Waals surface area (Å²) in [4.78, 5) is 0. The molecule has 4 rings (SSSR count). The number of ether oxygens (including phenoxy) is 2. The Labute approximate surface area is 143 Å². The highest BCUT2D eigenvalue weighted by Crippen LogP contribution is 2.35. The second-order valence-corrected chi connectivity index (χ2v) is 7.53. The van der Waals surface area contributed by atoms with Gasteiger partial charge in [0.15, 0.2) is 12.1 Å². The van der Waals surface area contributed by atoms with Crippen LogP contribution in [-0.4, -0.2) is 34.6 Å². The van der Waals surface area contributed by atoms with E-state index in [0.29, 0.717) is 25.3 Å². The molecule has 2 aromatic heterocycles. The second kappa shape index (κ2) is 6.01. The zero-order chi connectivity index (χ0) is 16.8. The van der Waals surface area contributed by atoms with Gasteiger partial charge >= 0.3 is 0 Å². The van der Waals surface area contributed by atoms with E-state index in [0.717, 1.165) is 0 Å². The largest absolute Gasteiger partial charge is 0.366 e. The summed E-state index contributed by atoms with van der Waals surface area (Å²) in [6.45, 7) is 10.2. The number of imidazole rings is 2. The fourth-order valence-corrected chi connectivity index (χ4v) is 3.74. The fraction of sp³-hybridized carbons (Fsp3) is 0.667. The van der Waals surface area contributed by atoms with E-state index in [2.05, 4.69) is 83.4 Å². The average Bonchev–Trinajstić information content (AvgIpc) is 3.29. The predicted octanol–water partition coefficient (Wildman–Crippen LogP) is 1.61. The van der Waals surface area contributed by atoms with Gasteiger partial charge in [-0.2, -0.15) is 0 Å². The van der Waals surface area contributed by atoms with Crippen molar-refractivity contribution < 1.29 is 18.6 Å². The zero-order valence-electron chi connectivity index (χ0n) is 14.9. The first-order chi connectivity index (χ1) is 11.5. The molecule has 6 nitrogen and oxygen atoms in total. The van der Waals surface area contributed by atoms with Crippen molar-refractivity contribution in [2.45, 2.75) is 64.1 Å². The molecule has 0 saturated carbocycles. The Kier molecular flexibility index (Phi) is 3.96. The van der Waals surface area contributed by atoms with Crippen LogP contribution in [0.1, 0.15) is 51.9 Å². The molecule has 4 atom stereocenters. The molecule has 0 bridgehead atoms. The second-order valence-electron chi connectivity index (χ2n) is 7.53. The fourth-order valence-electron chi connectivity index (χ4n) is 3.74. The van der Waals surface area contributed by atoms with E-state index < -0.39 is 0 Å². The van der Waals surface area contributed by atoms with Gasteiger partial charge in [-0.1, -0.05) is 0 Å². The van der Waals surface area contributed by atoms with Gasteiger partial charge in [0.1, 0.15) is 37.0 Å².